The zero-order valence-electron chi connectivity index (χ0n) is 19.1. The first-order chi connectivity index (χ1) is 16.3. The van der Waals surface area contributed by atoms with Crippen molar-refractivity contribution in [1.82, 2.24) is 9.47 Å². The van der Waals surface area contributed by atoms with Gasteiger partial charge in [0.1, 0.15) is 6.17 Å². The number of likely N-dealkylation sites (tertiary alicyclic amines) is 1. The number of benzene rings is 1. The molecule has 12 heteroatoms. The molecule has 8 nitrogen and oxygen atoms in total. The van der Waals surface area contributed by atoms with Gasteiger partial charge in [-0.25, -0.2) is 9.18 Å². The van der Waals surface area contributed by atoms with Crippen molar-refractivity contribution < 1.29 is 37.4 Å². The first kappa shape index (κ1) is 28.0. The highest BCUT2D eigenvalue weighted by Crippen LogP contribution is 2.27. The first-order valence-corrected chi connectivity index (χ1v) is 10.7. The summed E-state index contributed by atoms with van der Waals surface area (Å²) in [6, 6.07) is 8.24. The summed E-state index contributed by atoms with van der Waals surface area (Å²) in [4.78, 5) is 34.7. The van der Waals surface area contributed by atoms with Crippen LogP contribution in [-0.4, -0.2) is 63.0 Å². The third-order valence-corrected chi connectivity index (χ3v) is 5.74. The standard InChI is InChI=1S/C21H26FN3O3.C2HF3O2/c1-13(20(23)21(28)25-8-7-17(22)10-25)14-3-5-15(6-4-14)18-11-24(2)19(27)9-16(18)12-26;3-2(4,5)1(6)7/h3-6,9,11,13,17,20,26H,7-8,10,12,23H2,1-2H3;(H,6,7)/t13-,17-,20-;/m0./s1. The van der Waals surface area contributed by atoms with Crippen molar-refractivity contribution in [2.45, 2.75) is 44.3 Å². The van der Waals surface area contributed by atoms with Gasteiger partial charge in [-0.1, -0.05) is 31.2 Å². The summed E-state index contributed by atoms with van der Waals surface area (Å²) in [5.41, 5.74) is 9.07. The molecule has 3 atom stereocenters. The van der Waals surface area contributed by atoms with Crippen LogP contribution in [0.25, 0.3) is 11.1 Å². The van der Waals surface area contributed by atoms with Crippen molar-refractivity contribution in [3.63, 3.8) is 0 Å². The largest absolute Gasteiger partial charge is 0.490 e. The Bertz CT molecular complexity index is 1100. The molecule has 2 aromatic rings. The Kier molecular flexibility index (Phi) is 9.16. The zero-order valence-corrected chi connectivity index (χ0v) is 19.1. The number of aliphatic carboxylic acids is 1. The number of aryl methyl sites for hydroxylation is 1. The fourth-order valence-corrected chi connectivity index (χ4v) is 3.58. The molecule has 4 N–H and O–H groups in total. The molecule has 1 aliphatic rings. The van der Waals surface area contributed by atoms with Crippen molar-refractivity contribution >= 4 is 11.9 Å². The Balaban J connectivity index is 0.000000540. The number of rotatable bonds is 5. The Morgan fingerprint density at radius 3 is 2.26 bits per heavy atom. The molecule has 1 fully saturated rings. The molecule has 192 valence electrons. The van der Waals surface area contributed by atoms with E-state index in [0.717, 1.165) is 16.7 Å². The van der Waals surface area contributed by atoms with Crippen LogP contribution < -0.4 is 11.3 Å². The second-order valence-electron chi connectivity index (χ2n) is 8.23. The molecule has 1 aliphatic heterocycles. The van der Waals surface area contributed by atoms with E-state index in [9.17, 15) is 32.3 Å². The Hall–Kier alpha value is -3.25. The minimum absolute atomic E-state index is 0.120. The highest BCUT2D eigenvalue weighted by Gasteiger charge is 2.38. The lowest BCUT2D eigenvalue weighted by atomic mass is 9.91. The third-order valence-electron chi connectivity index (χ3n) is 5.74. The molecular formula is C23H27F4N3O5. The molecule has 0 aliphatic carbocycles. The molecular weight excluding hydrogens is 474 g/mol. The number of carboxylic acids is 1. The van der Waals surface area contributed by atoms with E-state index in [-0.39, 0.29) is 30.5 Å². The fraction of sp³-hybridized carbons (Fsp3) is 0.435. The van der Waals surface area contributed by atoms with E-state index in [1.165, 1.54) is 15.5 Å². The number of nitrogens with zero attached hydrogens (tertiary/aromatic N) is 2. The molecule has 2 heterocycles. The van der Waals surface area contributed by atoms with E-state index in [2.05, 4.69) is 0 Å². The maximum absolute atomic E-state index is 13.4. The quantitative estimate of drug-likeness (QED) is 0.540. The number of amides is 1. The van der Waals surface area contributed by atoms with Gasteiger partial charge in [0.05, 0.1) is 19.2 Å². The number of carboxylic acid groups (broad SMARTS) is 1. The minimum Gasteiger partial charge on any atom is -0.475 e. The van der Waals surface area contributed by atoms with E-state index < -0.39 is 24.4 Å². The Labute approximate surface area is 198 Å². The van der Waals surface area contributed by atoms with E-state index in [4.69, 9.17) is 15.6 Å². The number of carbonyl (C=O) groups excluding carboxylic acids is 1. The van der Waals surface area contributed by atoms with Crippen LogP contribution in [-0.2, 0) is 23.2 Å². The molecule has 3 rings (SSSR count). The van der Waals surface area contributed by atoms with Crippen molar-refractivity contribution in [1.29, 1.82) is 0 Å². The second-order valence-corrected chi connectivity index (χ2v) is 8.23. The number of aliphatic hydroxyl groups excluding tert-OH is 1. The summed E-state index contributed by atoms with van der Waals surface area (Å²) in [5, 5.41) is 16.7. The average molecular weight is 501 g/mol. The lowest BCUT2D eigenvalue weighted by molar-refractivity contribution is -0.192. The van der Waals surface area contributed by atoms with Gasteiger partial charge in [-0.15, -0.1) is 0 Å². The van der Waals surface area contributed by atoms with Gasteiger partial charge in [0.15, 0.2) is 0 Å². The minimum atomic E-state index is -5.08. The number of pyridine rings is 1. The number of halogens is 4. The van der Waals surface area contributed by atoms with Gasteiger partial charge in [-0.3, -0.25) is 9.59 Å². The van der Waals surface area contributed by atoms with E-state index in [1.54, 1.807) is 13.2 Å². The average Bonchev–Trinajstić information content (AvgIpc) is 3.25. The van der Waals surface area contributed by atoms with Gasteiger partial charge in [-0.2, -0.15) is 13.2 Å². The number of aromatic nitrogens is 1. The van der Waals surface area contributed by atoms with Crippen molar-refractivity contribution in [2.24, 2.45) is 12.8 Å². The van der Waals surface area contributed by atoms with Gasteiger partial charge >= 0.3 is 12.1 Å². The van der Waals surface area contributed by atoms with Crippen LogP contribution in [0.4, 0.5) is 17.6 Å². The number of alkyl halides is 4. The van der Waals surface area contributed by atoms with E-state index >= 15 is 0 Å². The van der Waals surface area contributed by atoms with Crippen molar-refractivity contribution in [3.8, 4) is 11.1 Å². The third kappa shape index (κ3) is 7.12. The molecule has 0 saturated carbocycles. The summed E-state index contributed by atoms with van der Waals surface area (Å²) >= 11 is 0. The van der Waals surface area contributed by atoms with Gasteiger partial charge in [0, 0.05) is 37.3 Å². The van der Waals surface area contributed by atoms with Crippen LogP contribution in [0.5, 0.6) is 0 Å². The van der Waals surface area contributed by atoms with E-state index in [0.29, 0.717) is 18.5 Å². The lowest BCUT2D eigenvalue weighted by Gasteiger charge is -2.25. The monoisotopic (exact) mass is 501 g/mol. The molecule has 0 spiro atoms. The van der Waals surface area contributed by atoms with E-state index in [1.807, 2.05) is 31.2 Å². The highest BCUT2D eigenvalue weighted by molar-refractivity contribution is 5.83. The SMILES string of the molecule is C[C@@H](c1ccc(-c2cn(C)c(=O)cc2CO)cc1)[C@H](N)C(=O)N1CC[C@H](F)C1.O=C(O)C(F)(F)F. The number of carbonyl (C=O) groups is 2. The first-order valence-electron chi connectivity index (χ1n) is 10.7. The van der Waals surface area contributed by atoms with Crippen molar-refractivity contribution in [2.75, 3.05) is 13.1 Å². The predicted molar refractivity (Wildman–Crippen MR) is 119 cm³/mol. The zero-order chi connectivity index (χ0) is 26.5. The molecule has 0 bridgehead atoms. The smallest absolute Gasteiger partial charge is 0.475 e. The van der Waals surface area contributed by atoms with Gasteiger partial charge in [0.2, 0.25) is 5.91 Å². The predicted octanol–water partition coefficient (Wildman–Crippen LogP) is 2.18. The summed E-state index contributed by atoms with van der Waals surface area (Å²) in [7, 11) is 1.66. The van der Waals surface area contributed by atoms with Gasteiger partial charge < -0.3 is 25.4 Å². The van der Waals surface area contributed by atoms with Crippen LogP contribution in [0, 0.1) is 0 Å². The van der Waals surface area contributed by atoms with Crippen LogP contribution in [0.1, 0.15) is 30.4 Å². The number of hydrogen-bond donors (Lipinski definition) is 3. The summed E-state index contributed by atoms with van der Waals surface area (Å²) < 4.78 is 46.6. The molecule has 35 heavy (non-hydrogen) atoms. The number of hydrogen-bond acceptors (Lipinski definition) is 5. The van der Waals surface area contributed by atoms with Gasteiger partial charge in [0.25, 0.3) is 5.56 Å². The number of aliphatic hydroxyl groups is 1. The molecule has 1 aromatic heterocycles. The van der Waals surface area contributed by atoms with Crippen LogP contribution >= 0.6 is 0 Å². The highest BCUT2D eigenvalue weighted by atomic mass is 19.4. The van der Waals surface area contributed by atoms with Gasteiger partial charge in [-0.05, 0) is 23.1 Å². The molecule has 1 saturated heterocycles. The Morgan fingerprint density at radius 1 is 1.23 bits per heavy atom. The lowest BCUT2D eigenvalue weighted by Crippen LogP contribution is -2.45. The molecule has 1 aromatic carbocycles. The summed E-state index contributed by atoms with van der Waals surface area (Å²) in [5.74, 6) is -3.21. The summed E-state index contributed by atoms with van der Waals surface area (Å²) in [6.45, 7) is 2.19. The van der Waals surface area contributed by atoms with Crippen molar-refractivity contribution in [3.05, 3.63) is 58.0 Å². The van der Waals surface area contributed by atoms with Crippen LogP contribution in [0.2, 0.25) is 0 Å². The normalized spacial score (nSPS) is 17.4. The van der Waals surface area contributed by atoms with Crippen LogP contribution in [0.3, 0.4) is 0 Å². The topological polar surface area (TPSA) is 126 Å². The summed E-state index contributed by atoms with van der Waals surface area (Å²) in [6.07, 6.45) is -3.98. The maximum atomic E-state index is 13.4. The maximum Gasteiger partial charge on any atom is 0.490 e. The molecule has 1 amide bonds. The van der Waals surface area contributed by atoms with Crippen LogP contribution in [0.15, 0.2) is 41.3 Å². The molecule has 0 unspecified atom stereocenters. The number of nitrogens with two attached hydrogens (primary N) is 1. The molecule has 0 radical (unpaired) electrons. The Morgan fingerprint density at radius 2 is 1.80 bits per heavy atom. The second kappa shape index (κ2) is 11.5. The fourth-order valence-electron chi connectivity index (χ4n) is 3.58.